The normalized spacial score (nSPS) is 22.3. The molecule has 224 valence electrons. The van der Waals surface area contributed by atoms with E-state index in [0.29, 0.717) is 6.61 Å². The summed E-state index contributed by atoms with van der Waals surface area (Å²) in [5.74, 6) is -1.32. The van der Waals surface area contributed by atoms with Crippen LogP contribution in [0.2, 0.25) is 0 Å². The van der Waals surface area contributed by atoms with Gasteiger partial charge in [0, 0.05) is 6.92 Å². The van der Waals surface area contributed by atoms with Crippen molar-refractivity contribution in [2.75, 3.05) is 6.61 Å². The molecular formula is C31H32Cl3NO7. The Morgan fingerprint density at radius 3 is 1.69 bits per heavy atom. The van der Waals surface area contributed by atoms with Crippen molar-refractivity contribution in [1.29, 1.82) is 5.41 Å². The molecule has 0 radical (unpaired) electrons. The maximum absolute atomic E-state index is 12.3. The van der Waals surface area contributed by atoms with Crippen LogP contribution in [0.1, 0.15) is 23.6 Å². The quantitative estimate of drug-likeness (QED) is 0.106. The van der Waals surface area contributed by atoms with Crippen LogP contribution in [0.15, 0.2) is 91.0 Å². The lowest BCUT2D eigenvalue weighted by atomic mass is 9.98. The van der Waals surface area contributed by atoms with Crippen molar-refractivity contribution >= 4 is 46.7 Å². The first-order valence-corrected chi connectivity index (χ1v) is 14.4. The minimum absolute atomic E-state index is 0.0628. The van der Waals surface area contributed by atoms with E-state index in [1.54, 1.807) is 0 Å². The highest BCUT2D eigenvalue weighted by atomic mass is 35.6. The van der Waals surface area contributed by atoms with Gasteiger partial charge in [-0.2, -0.15) is 0 Å². The van der Waals surface area contributed by atoms with E-state index in [-0.39, 0.29) is 19.8 Å². The van der Waals surface area contributed by atoms with Crippen LogP contribution in [0.4, 0.5) is 0 Å². The highest BCUT2D eigenvalue weighted by molar-refractivity contribution is 6.76. The summed E-state index contributed by atoms with van der Waals surface area (Å²) in [6, 6.07) is 28.8. The molecule has 3 aromatic rings. The molecule has 42 heavy (non-hydrogen) atoms. The van der Waals surface area contributed by atoms with Crippen LogP contribution in [0.25, 0.3) is 0 Å². The van der Waals surface area contributed by atoms with Gasteiger partial charge in [0.25, 0.3) is 3.79 Å². The molecular weight excluding hydrogens is 605 g/mol. The van der Waals surface area contributed by atoms with Crippen LogP contribution >= 0.6 is 34.8 Å². The number of benzene rings is 3. The van der Waals surface area contributed by atoms with Crippen molar-refractivity contribution in [3.8, 4) is 0 Å². The second kappa shape index (κ2) is 15.7. The third kappa shape index (κ3) is 9.67. The van der Waals surface area contributed by atoms with Crippen LogP contribution < -0.4 is 0 Å². The van der Waals surface area contributed by atoms with E-state index in [4.69, 9.17) is 68.6 Å². The minimum Gasteiger partial charge on any atom is -0.453 e. The molecule has 0 unspecified atom stereocenters. The zero-order chi connectivity index (χ0) is 30.0. The Labute approximate surface area is 260 Å². The molecule has 1 saturated heterocycles. The third-order valence-electron chi connectivity index (χ3n) is 6.35. The van der Waals surface area contributed by atoms with Gasteiger partial charge in [0.05, 0.1) is 26.4 Å². The molecule has 8 nitrogen and oxygen atoms in total. The number of carbonyl (C=O) groups excluding carboxylic acids is 1. The molecule has 1 heterocycles. The summed E-state index contributed by atoms with van der Waals surface area (Å²) in [6.07, 6.45) is -5.01. The number of halogens is 3. The van der Waals surface area contributed by atoms with Crippen LogP contribution in [-0.4, -0.2) is 53.0 Å². The van der Waals surface area contributed by atoms with Crippen molar-refractivity contribution in [1.82, 2.24) is 0 Å². The van der Waals surface area contributed by atoms with Gasteiger partial charge in [-0.05, 0) is 16.7 Å². The highest BCUT2D eigenvalue weighted by Gasteiger charge is 2.52. The fourth-order valence-corrected chi connectivity index (χ4v) is 4.53. The molecule has 0 bridgehead atoms. The van der Waals surface area contributed by atoms with E-state index < -0.39 is 46.4 Å². The molecule has 1 N–H and O–H groups in total. The van der Waals surface area contributed by atoms with Crippen LogP contribution in [0.5, 0.6) is 0 Å². The maximum Gasteiger partial charge on any atom is 0.303 e. The first-order valence-electron chi connectivity index (χ1n) is 13.3. The van der Waals surface area contributed by atoms with Gasteiger partial charge in [0.2, 0.25) is 12.2 Å². The van der Waals surface area contributed by atoms with E-state index in [1.165, 1.54) is 6.92 Å². The first kappa shape index (κ1) is 32.2. The van der Waals surface area contributed by atoms with Gasteiger partial charge in [-0.25, -0.2) is 0 Å². The molecule has 0 spiro atoms. The standard InChI is InChI=1S/C31H32Cl3NO7/c1-21(36)40-28-27(39-19-24-15-9-4-10-16-24)26(38-18-23-13-7-3-8-14-23)25(20-37-17-22-11-5-2-6-12-22)41-29(28)42-30(35)31(32,33)34/h2-16,25-29,35H,17-20H2,1H3/t25-,26-,27+,28+,29+/m1/s1. The molecule has 0 aromatic heterocycles. The zero-order valence-electron chi connectivity index (χ0n) is 22.9. The monoisotopic (exact) mass is 635 g/mol. The third-order valence-corrected chi connectivity index (χ3v) is 6.86. The molecule has 4 rings (SSSR count). The number of hydrogen-bond donors (Lipinski definition) is 1. The predicted molar refractivity (Wildman–Crippen MR) is 159 cm³/mol. The molecule has 1 fully saturated rings. The second-order valence-corrected chi connectivity index (χ2v) is 11.9. The highest BCUT2D eigenvalue weighted by Crippen LogP contribution is 2.34. The summed E-state index contributed by atoms with van der Waals surface area (Å²) < 4.78 is 34.2. The van der Waals surface area contributed by atoms with Crippen molar-refractivity contribution < 1.29 is 33.2 Å². The first-order chi connectivity index (χ1) is 20.2. The van der Waals surface area contributed by atoms with Crippen molar-refractivity contribution in [2.45, 2.75) is 61.2 Å². The lowest BCUT2D eigenvalue weighted by Gasteiger charge is -2.45. The number of ether oxygens (including phenoxy) is 6. The van der Waals surface area contributed by atoms with Gasteiger partial charge in [0.15, 0.2) is 6.10 Å². The van der Waals surface area contributed by atoms with E-state index in [1.807, 2.05) is 91.0 Å². The number of carbonyl (C=O) groups is 1. The summed E-state index contributed by atoms with van der Waals surface area (Å²) in [7, 11) is 0. The molecule has 0 saturated carbocycles. The Hall–Kier alpha value is -2.69. The SMILES string of the molecule is CC(=O)O[C@@H]1[C@H](OC(=N)C(Cl)(Cl)Cl)O[C@H](COCc2ccccc2)[C@@H](OCc2ccccc2)[C@@H]1OCc1ccccc1. The van der Waals surface area contributed by atoms with Crippen molar-refractivity contribution in [3.05, 3.63) is 108 Å². The van der Waals surface area contributed by atoms with Crippen LogP contribution in [0, 0.1) is 5.41 Å². The van der Waals surface area contributed by atoms with E-state index >= 15 is 0 Å². The van der Waals surface area contributed by atoms with Gasteiger partial charge in [-0.15, -0.1) is 0 Å². The Morgan fingerprint density at radius 2 is 1.21 bits per heavy atom. The minimum atomic E-state index is -2.18. The van der Waals surface area contributed by atoms with Gasteiger partial charge < -0.3 is 28.4 Å². The zero-order valence-corrected chi connectivity index (χ0v) is 25.1. The van der Waals surface area contributed by atoms with Gasteiger partial charge >= 0.3 is 5.97 Å². The van der Waals surface area contributed by atoms with E-state index in [9.17, 15) is 4.79 Å². The average molecular weight is 637 g/mol. The van der Waals surface area contributed by atoms with Crippen molar-refractivity contribution in [2.24, 2.45) is 0 Å². The Balaban J connectivity index is 1.64. The summed E-state index contributed by atoms with van der Waals surface area (Å²) in [4.78, 5) is 12.3. The predicted octanol–water partition coefficient (Wildman–Crippen LogP) is 6.39. The van der Waals surface area contributed by atoms with E-state index in [0.717, 1.165) is 16.7 Å². The largest absolute Gasteiger partial charge is 0.453 e. The number of nitrogens with one attached hydrogen (secondary N) is 1. The molecule has 0 aliphatic carbocycles. The topological polar surface area (TPSA) is 96.3 Å². The fourth-order valence-electron chi connectivity index (χ4n) is 4.40. The van der Waals surface area contributed by atoms with Crippen molar-refractivity contribution in [3.63, 3.8) is 0 Å². The summed E-state index contributed by atoms with van der Waals surface area (Å²) >= 11 is 17.7. The van der Waals surface area contributed by atoms with Crippen LogP contribution in [-0.2, 0) is 53.0 Å². The Kier molecular flexibility index (Phi) is 12.0. The van der Waals surface area contributed by atoms with Crippen LogP contribution in [0.3, 0.4) is 0 Å². The smallest absolute Gasteiger partial charge is 0.303 e. The maximum atomic E-state index is 12.3. The second-order valence-electron chi connectivity index (χ2n) is 9.58. The molecule has 5 atom stereocenters. The van der Waals surface area contributed by atoms with Gasteiger partial charge in [-0.1, -0.05) is 126 Å². The van der Waals surface area contributed by atoms with Gasteiger partial charge in [0.1, 0.15) is 18.3 Å². The number of alkyl halides is 3. The molecule has 1 aliphatic rings. The van der Waals surface area contributed by atoms with E-state index in [2.05, 4.69) is 0 Å². The summed E-state index contributed by atoms with van der Waals surface area (Å²) in [5.41, 5.74) is 2.77. The summed E-state index contributed by atoms with van der Waals surface area (Å²) in [5, 5.41) is 8.17. The molecule has 3 aromatic carbocycles. The molecule has 0 amide bonds. The summed E-state index contributed by atoms with van der Waals surface area (Å²) in [6.45, 7) is 2.01. The molecule has 1 aliphatic heterocycles. The molecule has 11 heteroatoms. The average Bonchev–Trinajstić information content (AvgIpc) is 2.97. The van der Waals surface area contributed by atoms with Gasteiger partial charge in [-0.3, -0.25) is 10.2 Å². The number of esters is 1. The lowest BCUT2D eigenvalue weighted by Crippen LogP contribution is -2.62. The number of hydrogen-bond acceptors (Lipinski definition) is 8. The Bertz CT molecular complexity index is 1260. The Morgan fingerprint density at radius 1 is 0.738 bits per heavy atom. The lowest BCUT2D eigenvalue weighted by molar-refractivity contribution is -0.305. The number of rotatable bonds is 12. The fraction of sp³-hybridized carbons (Fsp3) is 0.355.